The van der Waals surface area contributed by atoms with Crippen LogP contribution in [0.2, 0.25) is 0 Å². The van der Waals surface area contributed by atoms with Gasteiger partial charge >= 0.3 is 5.97 Å². The zero-order valence-electron chi connectivity index (χ0n) is 16.4. The van der Waals surface area contributed by atoms with Crippen LogP contribution < -0.4 is 14.4 Å². The van der Waals surface area contributed by atoms with Gasteiger partial charge in [0, 0.05) is 18.0 Å². The van der Waals surface area contributed by atoms with E-state index in [-0.39, 0.29) is 21.5 Å². The molecule has 9 nitrogen and oxygen atoms in total. The van der Waals surface area contributed by atoms with E-state index in [2.05, 4.69) is 9.71 Å². The van der Waals surface area contributed by atoms with Gasteiger partial charge in [0.25, 0.3) is 15.9 Å². The third-order valence-electron chi connectivity index (χ3n) is 4.74. The van der Waals surface area contributed by atoms with E-state index >= 15 is 0 Å². The van der Waals surface area contributed by atoms with E-state index in [1.165, 1.54) is 29.2 Å². The Kier molecular flexibility index (Phi) is 5.15. The molecule has 31 heavy (non-hydrogen) atoms. The highest BCUT2D eigenvalue weighted by Crippen LogP contribution is 2.37. The van der Waals surface area contributed by atoms with Gasteiger partial charge < -0.3 is 14.7 Å². The van der Waals surface area contributed by atoms with E-state index in [9.17, 15) is 18.0 Å². The number of carbonyl (C=O) groups is 2. The van der Waals surface area contributed by atoms with Gasteiger partial charge in [0.05, 0.1) is 21.8 Å². The number of sulfonamides is 1. The predicted octanol–water partition coefficient (Wildman–Crippen LogP) is 3.05. The summed E-state index contributed by atoms with van der Waals surface area (Å²) in [4.78, 5) is 28.9. The first-order valence-corrected chi connectivity index (χ1v) is 11.4. The number of likely N-dealkylation sites (N-methyl/N-ethyl adjacent to an activating group) is 1. The van der Waals surface area contributed by atoms with E-state index in [0.29, 0.717) is 22.7 Å². The zero-order valence-corrected chi connectivity index (χ0v) is 18.0. The molecule has 2 heterocycles. The molecule has 1 aromatic heterocycles. The van der Waals surface area contributed by atoms with Crippen LogP contribution in [-0.2, 0) is 14.8 Å². The van der Waals surface area contributed by atoms with Crippen LogP contribution in [0.3, 0.4) is 0 Å². The first-order valence-electron chi connectivity index (χ1n) is 9.06. The largest absolute Gasteiger partial charge is 0.479 e. The first kappa shape index (κ1) is 20.8. The third-order valence-corrected chi connectivity index (χ3v) is 6.98. The summed E-state index contributed by atoms with van der Waals surface area (Å²) < 4.78 is 33.2. The van der Waals surface area contributed by atoms with Crippen molar-refractivity contribution >= 4 is 44.1 Å². The second-order valence-electron chi connectivity index (χ2n) is 6.81. The molecule has 1 amide bonds. The number of carboxylic acids is 1. The standard InChI is InChI=1S/C20H17N3O6S2/c1-11-18(24)23(2)16-9-13(5-8-17(16)29-11)15-10-30-20(21-15)22-31(27,28)14-6-3-12(4-7-14)19(25)26/h3-11H,1-2H3,(H,21,22)(H,25,26). The third kappa shape index (κ3) is 3.97. The Bertz CT molecular complexity index is 1280. The molecule has 1 unspecified atom stereocenters. The number of aromatic nitrogens is 1. The van der Waals surface area contributed by atoms with Crippen molar-refractivity contribution in [3.63, 3.8) is 0 Å². The summed E-state index contributed by atoms with van der Waals surface area (Å²) in [6.07, 6.45) is -0.562. The van der Waals surface area contributed by atoms with Crippen molar-refractivity contribution in [3.05, 3.63) is 53.4 Å². The van der Waals surface area contributed by atoms with Gasteiger partial charge in [0.2, 0.25) is 0 Å². The lowest BCUT2D eigenvalue weighted by Crippen LogP contribution is -2.41. The predicted molar refractivity (Wildman–Crippen MR) is 115 cm³/mol. The molecule has 1 atom stereocenters. The maximum Gasteiger partial charge on any atom is 0.335 e. The summed E-state index contributed by atoms with van der Waals surface area (Å²) in [5.41, 5.74) is 1.83. The number of rotatable bonds is 5. The normalized spacial score (nSPS) is 15.9. The molecule has 0 bridgehead atoms. The number of benzene rings is 2. The molecule has 0 spiro atoms. The van der Waals surface area contributed by atoms with Crippen molar-refractivity contribution in [1.29, 1.82) is 0 Å². The van der Waals surface area contributed by atoms with Crippen LogP contribution >= 0.6 is 11.3 Å². The first-order chi connectivity index (χ1) is 14.7. The summed E-state index contributed by atoms with van der Waals surface area (Å²) in [6.45, 7) is 1.68. The average molecular weight is 460 g/mol. The molecule has 4 rings (SSSR count). The van der Waals surface area contributed by atoms with Crippen LogP contribution in [0.1, 0.15) is 17.3 Å². The summed E-state index contributed by atoms with van der Waals surface area (Å²) in [5.74, 6) is -0.719. The Morgan fingerprint density at radius 3 is 2.61 bits per heavy atom. The van der Waals surface area contributed by atoms with E-state index in [4.69, 9.17) is 9.84 Å². The van der Waals surface area contributed by atoms with Crippen molar-refractivity contribution in [1.82, 2.24) is 4.98 Å². The molecule has 2 aromatic carbocycles. The fourth-order valence-electron chi connectivity index (χ4n) is 3.07. The highest BCUT2D eigenvalue weighted by Gasteiger charge is 2.29. The summed E-state index contributed by atoms with van der Waals surface area (Å²) >= 11 is 1.11. The molecule has 0 saturated carbocycles. The average Bonchev–Trinajstić information content (AvgIpc) is 3.19. The summed E-state index contributed by atoms with van der Waals surface area (Å²) in [7, 11) is -2.26. The second-order valence-corrected chi connectivity index (χ2v) is 9.35. The van der Waals surface area contributed by atoms with Crippen molar-refractivity contribution in [2.24, 2.45) is 0 Å². The summed E-state index contributed by atoms with van der Waals surface area (Å²) in [5, 5.41) is 10.8. The molecule has 0 saturated heterocycles. The van der Waals surface area contributed by atoms with Gasteiger partial charge in [-0.05, 0) is 49.4 Å². The smallest absolute Gasteiger partial charge is 0.335 e. The van der Waals surface area contributed by atoms with Gasteiger partial charge in [0.15, 0.2) is 11.2 Å². The molecule has 2 N–H and O–H groups in total. The number of nitrogens with zero attached hydrogens (tertiary/aromatic N) is 2. The second kappa shape index (κ2) is 7.67. The van der Waals surface area contributed by atoms with Crippen molar-refractivity contribution < 1.29 is 27.9 Å². The number of nitrogens with one attached hydrogen (secondary N) is 1. The van der Waals surface area contributed by atoms with Crippen molar-refractivity contribution in [2.75, 3.05) is 16.7 Å². The molecule has 0 fully saturated rings. The van der Waals surface area contributed by atoms with Gasteiger partial charge in [-0.3, -0.25) is 9.52 Å². The SMILES string of the molecule is CC1Oc2ccc(-c3csc(NS(=O)(=O)c4ccc(C(=O)O)cc4)n3)cc2N(C)C1=O. The molecular formula is C20H17N3O6S2. The highest BCUT2D eigenvalue weighted by atomic mass is 32.2. The Morgan fingerprint density at radius 1 is 1.23 bits per heavy atom. The Labute approximate surface area is 182 Å². The van der Waals surface area contributed by atoms with Gasteiger partial charge in [-0.2, -0.15) is 0 Å². The minimum Gasteiger partial charge on any atom is -0.479 e. The fraction of sp³-hybridized carbons (Fsp3) is 0.150. The quantitative estimate of drug-likeness (QED) is 0.600. The molecule has 160 valence electrons. The van der Waals surface area contributed by atoms with E-state index < -0.39 is 22.1 Å². The number of hydrogen-bond donors (Lipinski definition) is 2. The molecule has 0 aliphatic carbocycles. The molecular weight excluding hydrogens is 442 g/mol. The van der Waals surface area contributed by atoms with Crippen LogP contribution in [0, 0.1) is 0 Å². The van der Waals surface area contributed by atoms with Crippen LogP contribution in [0.25, 0.3) is 11.3 Å². The lowest BCUT2D eigenvalue weighted by atomic mass is 10.1. The molecule has 1 aliphatic heterocycles. The number of hydrogen-bond acceptors (Lipinski definition) is 7. The fourth-order valence-corrected chi connectivity index (χ4v) is 5.05. The molecule has 0 radical (unpaired) electrons. The number of carbonyl (C=O) groups excluding carboxylic acids is 1. The number of aromatic carboxylic acids is 1. The van der Waals surface area contributed by atoms with E-state index in [1.807, 2.05) is 0 Å². The van der Waals surface area contributed by atoms with Crippen LogP contribution in [0.15, 0.2) is 52.7 Å². The topological polar surface area (TPSA) is 126 Å². The van der Waals surface area contributed by atoms with Crippen LogP contribution in [0.5, 0.6) is 5.75 Å². The Morgan fingerprint density at radius 2 is 1.94 bits per heavy atom. The molecule has 11 heteroatoms. The number of anilines is 2. The number of thiazole rings is 1. The van der Waals surface area contributed by atoms with Crippen molar-refractivity contribution in [3.8, 4) is 17.0 Å². The minimum absolute atomic E-state index is 0.00952. The Hall–Kier alpha value is -3.44. The maximum atomic E-state index is 12.6. The molecule has 1 aliphatic rings. The summed E-state index contributed by atoms with van der Waals surface area (Å²) in [6, 6.07) is 10.2. The highest BCUT2D eigenvalue weighted by molar-refractivity contribution is 7.93. The Balaban J connectivity index is 1.57. The van der Waals surface area contributed by atoms with Gasteiger partial charge in [0.1, 0.15) is 5.75 Å². The lowest BCUT2D eigenvalue weighted by Gasteiger charge is -2.30. The van der Waals surface area contributed by atoms with Crippen molar-refractivity contribution in [2.45, 2.75) is 17.9 Å². The lowest BCUT2D eigenvalue weighted by molar-refractivity contribution is -0.125. The van der Waals surface area contributed by atoms with Gasteiger partial charge in [-0.1, -0.05) is 0 Å². The maximum absolute atomic E-state index is 12.6. The van der Waals surface area contributed by atoms with E-state index in [1.54, 1.807) is 37.6 Å². The number of ether oxygens (including phenoxy) is 1. The monoisotopic (exact) mass is 459 g/mol. The van der Waals surface area contributed by atoms with Gasteiger partial charge in [-0.15, -0.1) is 11.3 Å². The van der Waals surface area contributed by atoms with Gasteiger partial charge in [-0.25, -0.2) is 18.2 Å². The van der Waals surface area contributed by atoms with Crippen LogP contribution in [-0.4, -0.2) is 43.5 Å². The number of amides is 1. The van der Waals surface area contributed by atoms with E-state index in [0.717, 1.165) is 11.3 Å². The zero-order chi connectivity index (χ0) is 22.3. The minimum atomic E-state index is -3.93. The molecule has 3 aromatic rings. The number of fused-ring (bicyclic) bond motifs is 1. The van der Waals surface area contributed by atoms with Crippen LogP contribution in [0.4, 0.5) is 10.8 Å². The number of carboxylic acid groups (broad SMARTS) is 1.